The van der Waals surface area contributed by atoms with E-state index in [1.165, 1.54) is 36.4 Å². The van der Waals surface area contributed by atoms with Gasteiger partial charge in [-0.25, -0.2) is 0 Å². The number of rotatable bonds is 2. The van der Waals surface area contributed by atoms with Crippen molar-refractivity contribution in [1.29, 1.82) is 0 Å². The Balaban J connectivity index is 1.34. The number of fused-ring (bicyclic) bond motifs is 4. The number of aliphatic hydroxyl groups excluding tert-OH is 1. The summed E-state index contributed by atoms with van der Waals surface area (Å²) in [5.41, 5.74) is 4.60. The molecule has 0 bridgehead atoms. The van der Waals surface area contributed by atoms with Gasteiger partial charge in [0, 0.05) is 42.2 Å². The maximum Gasteiger partial charge on any atom is 0.253 e. The maximum atomic E-state index is 13.2. The van der Waals surface area contributed by atoms with Gasteiger partial charge in [-0.3, -0.25) is 9.59 Å². The van der Waals surface area contributed by atoms with E-state index in [-0.39, 0.29) is 17.9 Å². The first-order chi connectivity index (χ1) is 14.0. The minimum atomic E-state index is -0.530. The summed E-state index contributed by atoms with van der Waals surface area (Å²) in [7, 11) is 0. The van der Waals surface area contributed by atoms with Crippen LogP contribution in [0.25, 0.3) is 10.9 Å². The maximum absolute atomic E-state index is 13.2. The van der Waals surface area contributed by atoms with E-state index >= 15 is 0 Å². The van der Waals surface area contributed by atoms with E-state index in [0.717, 1.165) is 30.3 Å². The summed E-state index contributed by atoms with van der Waals surface area (Å²) in [6, 6.07) is 5.84. The molecule has 2 aromatic rings. The molecular formula is C23H29N3O3. The molecule has 0 unspecified atom stereocenters. The Hall–Kier alpha value is -2.34. The van der Waals surface area contributed by atoms with Gasteiger partial charge in [0.1, 0.15) is 0 Å². The normalized spacial score (nSPS) is 28.8. The van der Waals surface area contributed by atoms with Crippen molar-refractivity contribution in [2.45, 2.75) is 57.6 Å². The Morgan fingerprint density at radius 3 is 2.69 bits per heavy atom. The molecule has 4 atom stereocenters. The van der Waals surface area contributed by atoms with Crippen LogP contribution in [0.15, 0.2) is 18.2 Å². The monoisotopic (exact) mass is 395 g/mol. The van der Waals surface area contributed by atoms with Crippen molar-refractivity contribution >= 4 is 22.7 Å². The predicted molar refractivity (Wildman–Crippen MR) is 111 cm³/mol. The molecule has 1 aromatic heterocycles. The largest absolute Gasteiger partial charge is 0.391 e. The average molecular weight is 396 g/mol. The molecule has 3 aliphatic rings. The molecule has 2 aliphatic carbocycles. The first kappa shape index (κ1) is 18.7. The Morgan fingerprint density at radius 1 is 1.14 bits per heavy atom. The molecular weight excluding hydrogens is 366 g/mol. The van der Waals surface area contributed by atoms with Gasteiger partial charge in [0.05, 0.1) is 12.1 Å². The summed E-state index contributed by atoms with van der Waals surface area (Å²) >= 11 is 0. The van der Waals surface area contributed by atoms with Gasteiger partial charge in [-0.2, -0.15) is 0 Å². The van der Waals surface area contributed by atoms with Crippen molar-refractivity contribution < 1.29 is 14.7 Å². The van der Waals surface area contributed by atoms with E-state index in [0.29, 0.717) is 31.3 Å². The lowest BCUT2D eigenvalue weighted by Crippen LogP contribution is -2.48. The van der Waals surface area contributed by atoms with Gasteiger partial charge in [0.2, 0.25) is 5.91 Å². The Labute approximate surface area is 170 Å². The van der Waals surface area contributed by atoms with Gasteiger partial charge >= 0.3 is 0 Å². The van der Waals surface area contributed by atoms with Crippen molar-refractivity contribution in [1.82, 2.24) is 15.2 Å². The number of carbonyl (C=O) groups excluding carboxylic acids is 2. The van der Waals surface area contributed by atoms with E-state index in [2.05, 4.69) is 16.4 Å². The van der Waals surface area contributed by atoms with Gasteiger partial charge in [0.15, 0.2) is 0 Å². The number of amides is 2. The van der Waals surface area contributed by atoms with Crippen molar-refractivity contribution in [3.05, 3.63) is 35.0 Å². The molecule has 0 spiro atoms. The lowest BCUT2D eigenvalue weighted by molar-refractivity contribution is -0.121. The van der Waals surface area contributed by atoms with Gasteiger partial charge in [-0.05, 0) is 74.1 Å². The number of likely N-dealkylation sites (tertiary alicyclic amines) is 1. The fourth-order valence-electron chi connectivity index (χ4n) is 5.73. The molecule has 29 heavy (non-hydrogen) atoms. The zero-order valence-corrected chi connectivity index (χ0v) is 16.9. The number of aromatic amines is 1. The van der Waals surface area contributed by atoms with E-state index in [4.69, 9.17) is 0 Å². The lowest BCUT2D eigenvalue weighted by atomic mass is 9.77. The van der Waals surface area contributed by atoms with Crippen LogP contribution in [0.5, 0.6) is 0 Å². The topological polar surface area (TPSA) is 85.4 Å². The highest BCUT2D eigenvalue weighted by Gasteiger charge is 2.43. The minimum Gasteiger partial charge on any atom is -0.391 e. The SMILES string of the molecule is CC(=O)N[C@@H]1C[C@@H]2CN(C(=O)c3ccc4[nH]c5c(c4c3)CCCC5)C[C@@H]2C[C@H]1O. The number of H-pyrrole nitrogens is 1. The van der Waals surface area contributed by atoms with Gasteiger partial charge < -0.3 is 20.3 Å². The van der Waals surface area contributed by atoms with Crippen LogP contribution in [0.2, 0.25) is 0 Å². The Bertz CT molecular complexity index is 966. The molecule has 6 nitrogen and oxygen atoms in total. The van der Waals surface area contributed by atoms with Gasteiger partial charge in [0.25, 0.3) is 5.91 Å². The van der Waals surface area contributed by atoms with Gasteiger partial charge in [-0.15, -0.1) is 0 Å². The smallest absolute Gasteiger partial charge is 0.253 e. The van der Waals surface area contributed by atoms with Crippen LogP contribution < -0.4 is 5.32 Å². The number of benzene rings is 1. The lowest BCUT2D eigenvalue weighted by Gasteiger charge is -2.35. The summed E-state index contributed by atoms with van der Waals surface area (Å²) in [5.74, 6) is 0.616. The number of carbonyl (C=O) groups is 2. The van der Waals surface area contributed by atoms with E-state index < -0.39 is 6.10 Å². The Morgan fingerprint density at radius 2 is 1.90 bits per heavy atom. The number of aryl methyl sites for hydroxylation is 2. The zero-order chi connectivity index (χ0) is 20.1. The molecule has 1 aromatic carbocycles. The van der Waals surface area contributed by atoms with Crippen molar-refractivity contribution in [2.24, 2.45) is 11.8 Å². The summed E-state index contributed by atoms with van der Waals surface area (Å²) in [4.78, 5) is 30.1. The second-order valence-corrected chi connectivity index (χ2v) is 9.13. The highest BCUT2D eigenvalue weighted by molar-refractivity contribution is 5.99. The minimum absolute atomic E-state index is 0.0811. The predicted octanol–water partition coefficient (Wildman–Crippen LogP) is 2.39. The summed E-state index contributed by atoms with van der Waals surface area (Å²) in [6.07, 6.45) is 5.48. The summed E-state index contributed by atoms with van der Waals surface area (Å²) in [5, 5.41) is 14.5. The first-order valence-corrected chi connectivity index (χ1v) is 10.9. The first-order valence-electron chi connectivity index (χ1n) is 10.9. The molecule has 2 heterocycles. The fourth-order valence-corrected chi connectivity index (χ4v) is 5.73. The van der Waals surface area contributed by atoms with Crippen LogP contribution in [-0.4, -0.2) is 52.0 Å². The molecule has 5 rings (SSSR count). The third-order valence-corrected chi connectivity index (χ3v) is 7.16. The quantitative estimate of drug-likeness (QED) is 0.730. The third kappa shape index (κ3) is 3.33. The third-order valence-electron chi connectivity index (χ3n) is 7.16. The molecule has 1 saturated heterocycles. The molecule has 1 aliphatic heterocycles. The molecule has 0 radical (unpaired) electrons. The molecule has 1 saturated carbocycles. The molecule has 2 amide bonds. The second kappa shape index (κ2) is 7.17. The fraction of sp³-hybridized carbons (Fsp3) is 0.565. The number of hydrogen-bond donors (Lipinski definition) is 3. The number of aliphatic hydroxyl groups is 1. The number of nitrogens with one attached hydrogen (secondary N) is 2. The Kier molecular flexibility index (Phi) is 4.62. The van der Waals surface area contributed by atoms with Crippen LogP contribution in [-0.2, 0) is 17.6 Å². The van der Waals surface area contributed by atoms with Crippen LogP contribution in [0, 0.1) is 11.8 Å². The molecule has 154 valence electrons. The number of hydrogen-bond acceptors (Lipinski definition) is 3. The van der Waals surface area contributed by atoms with Crippen LogP contribution in [0.1, 0.15) is 54.2 Å². The molecule has 2 fully saturated rings. The van der Waals surface area contributed by atoms with E-state index in [9.17, 15) is 14.7 Å². The standard InChI is InChI=1S/C23H29N3O3/c1-13(27)24-21-9-15-11-26(12-16(15)10-22(21)28)23(29)14-6-7-20-18(8-14)17-4-2-3-5-19(17)25-20/h6-8,15-16,21-22,25,28H,2-5,9-12H2,1H3,(H,24,27)/t15-,16+,21-,22-/m1/s1. The number of nitrogens with zero attached hydrogens (tertiary/aromatic N) is 1. The zero-order valence-electron chi connectivity index (χ0n) is 16.9. The highest BCUT2D eigenvalue weighted by Crippen LogP contribution is 2.37. The van der Waals surface area contributed by atoms with Crippen LogP contribution in [0.4, 0.5) is 0 Å². The van der Waals surface area contributed by atoms with Crippen LogP contribution in [0.3, 0.4) is 0 Å². The van der Waals surface area contributed by atoms with Crippen molar-refractivity contribution in [3.8, 4) is 0 Å². The second-order valence-electron chi connectivity index (χ2n) is 9.13. The molecule has 3 N–H and O–H groups in total. The summed E-state index contributed by atoms with van der Waals surface area (Å²) < 4.78 is 0. The van der Waals surface area contributed by atoms with Crippen LogP contribution >= 0.6 is 0 Å². The van der Waals surface area contributed by atoms with Gasteiger partial charge in [-0.1, -0.05) is 0 Å². The highest BCUT2D eigenvalue weighted by atomic mass is 16.3. The van der Waals surface area contributed by atoms with E-state index in [1.54, 1.807) is 0 Å². The summed E-state index contributed by atoms with van der Waals surface area (Å²) in [6.45, 7) is 2.88. The number of aromatic nitrogens is 1. The average Bonchev–Trinajstić information content (AvgIpc) is 3.27. The van der Waals surface area contributed by atoms with E-state index in [1.807, 2.05) is 17.0 Å². The van der Waals surface area contributed by atoms with Crippen molar-refractivity contribution in [3.63, 3.8) is 0 Å². The molecule has 6 heteroatoms. The van der Waals surface area contributed by atoms with Crippen molar-refractivity contribution in [2.75, 3.05) is 13.1 Å².